The van der Waals surface area contributed by atoms with E-state index in [1.165, 1.54) is 0 Å². The van der Waals surface area contributed by atoms with Gasteiger partial charge in [0.15, 0.2) is 0 Å². The van der Waals surface area contributed by atoms with Crippen LogP contribution in [0.4, 0.5) is 5.69 Å². The molecule has 4 nitrogen and oxygen atoms in total. The first-order valence-electron chi connectivity index (χ1n) is 9.38. The molecule has 0 aromatic heterocycles. The van der Waals surface area contributed by atoms with Crippen molar-refractivity contribution < 1.29 is 14.6 Å². The van der Waals surface area contributed by atoms with Crippen LogP contribution in [0.2, 0.25) is 0 Å². The lowest BCUT2D eigenvalue weighted by atomic mass is 9.95. The quantitative estimate of drug-likeness (QED) is 0.543. The van der Waals surface area contributed by atoms with Gasteiger partial charge >= 0.3 is 0 Å². The molecule has 0 aliphatic heterocycles. The number of aryl methyl sites for hydroxylation is 1. The highest BCUT2D eigenvalue weighted by Crippen LogP contribution is 2.31. The van der Waals surface area contributed by atoms with Gasteiger partial charge in [-0.2, -0.15) is 0 Å². The maximum absolute atomic E-state index is 12.4. The van der Waals surface area contributed by atoms with E-state index in [9.17, 15) is 9.90 Å². The molecule has 144 valence electrons. The summed E-state index contributed by atoms with van der Waals surface area (Å²) in [5, 5.41) is 12.6. The number of phenols is 1. The summed E-state index contributed by atoms with van der Waals surface area (Å²) in [7, 11) is 0. The van der Waals surface area contributed by atoms with Crippen LogP contribution in [0, 0.1) is 6.92 Å². The van der Waals surface area contributed by atoms with Gasteiger partial charge in [-0.05, 0) is 47.7 Å². The zero-order valence-corrected chi connectivity index (χ0v) is 16.2. The summed E-state index contributed by atoms with van der Waals surface area (Å²) >= 11 is 0. The fraction of sp³-hybridized carbons (Fsp3) is 0.208. The lowest BCUT2D eigenvalue weighted by Crippen LogP contribution is -2.15. The van der Waals surface area contributed by atoms with Crippen molar-refractivity contribution in [3.05, 3.63) is 89.5 Å². The van der Waals surface area contributed by atoms with Crippen molar-refractivity contribution in [1.82, 2.24) is 0 Å². The fourth-order valence-electron chi connectivity index (χ4n) is 3.08. The molecule has 1 unspecified atom stereocenters. The molecular formula is C24H25NO3. The number of nitrogens with one attached hydrogen (secondary N) is 1. The topological polar surface area (TPSA) is 58.6 Å². The molecule has 0 fully saturated rings. The van der Waals surface area contributed by atoms with Crippen molar-refractivity contribution in [2.45, 2.75) is 32.8 Å². The van der Waals surface area contributed by atoms with Crippen molar-refractivity contribution in [3.8, 4) is 11.5 Å². The minimum Gasteiger partial charge on any atom is -0.506 e. The first-order valence-corrected chi connectivity index (χ1v) is 9.38. The number of benzene rings is 3. The van der Waals surface area contributed by atoms with E-state index in [1.807, 2.05) is 62.4 Å². The third-order valence-corrected chi connectivity index (χ3v) is 4.61. The Kier molecular flexibility index (Phi) is 6.33. The first kappa shape index (κ1) is 19.5. The van der Waals surface area contributed by atoms with Crippen molar-refractivity contribution in [2.75, 3.05) is 5.32 Å². The van der Waals surface area contributed by atoms with Crippen molar-refractivity contribution in [2.24, 2.45) is 0 Å². The summed E-state index contributed by atoms with van der Waals surface area (Å²) in [5.74, 6) is 0.679. The van der Waals surface area contributed by atoms with E-state index in [1.54, 1.807) is 24.3 Å². The summed E-state index contributed by atoms with van der Waals surface area (Å²) in [6.45, 7) is 4.51. The Balaban J connectivity index is 1.69. The zero-order valence-electron chi connectivity index (χ0n) is 16.2. The largest absolute Gasteiger partial charge is 0.506 e. The van der Waals surface area contributed by atoms with Gasteiger partial charge in [0, 0.05) is 6.42 Å². The monoisotopic (exact) mass is 375 g/mol. The molecule has 3 aromatic rings. The third-order valence-electron chi connectivity index (χ3n) is 4.61. The highest BCUT2D eigenvalue weighted by atomic mass is 16.5. The Hall–Kier alpha value is -3.27. The summed E-state index contributed by atoms with van der Waals surface area (Å²) in [6.07, 6.45) is 0.291. The molecule has 0 saturated heterocycles. The fourth-order valence-corrected chi connectivity index (χ4v) is 3.08. The predicted octanol–water partition coefficient (Wildman–Crippen LogP) is 5.41. The second-order valence-electron chi connectivity index (χ2n) is 6.99. The molecule has 2 N–H and O–H groups in total. The van der Waals surface area contributed by atoms with Gasteiger partial charge in [0.2, 0.25) is 5.91 Å². The van der Waals surface area contributed by atoms with Crippen LogP contribution in [0.3, 0.4) is 0 Å². The standard InChI is InChI=1S/C24H25NO3/c1-17-12-13-20(23(14-17)28-16-19-8-4-3-5-9-19)18(2)15-24(27)25-21-10-6-7-11-22(21)26/h3-14,18,26H,15-16H2,1-2H3,(H,25,27). The molecule has 28 heavy (non-hydrogen) atoms. The number of hydrogen-bond donors (Lipinski definition) is 2. The SMILES string of the molecule is Cc1ccc(C(C)CC(=O)Nc2ccccc2O)c(OCc2ccccc2)c1. The Morgan fingerprint density at radius 3 is 2.50 bits per heavy atom. The Morgan fingerprint density at radius 2 is 1.75 bits per heavy atom. The van der Waals surface area contributed by atoms with E-state index >= 15 is 0 Å². The highest BCUT2D eigenvalue weighted by Gasteiger charge is 2.17. The number of amides is 1. The molecule has 0 aliphatic carbocycles. The third kappa shape index (κ3) is 5.13. The van der Waals surface area contributed by atoms with Gasteiger partial charge in [-0.15, -0.1) is 0 Å². The smallest absolute Gasteiger partial charge is 0.225 e. The molecule has 0 aliphatic rings. The zero-order chi connectivity index (χ0) is 19.9. The molecule has 3 rings (SSSR count). The second kappa shape index (κ2) is 9.09. The lowest BCUT2D eigenvalue weighted by molar-refractivity contribution is -0.116. The minimum absolute atomic E-state index is 0.0303. The number of carbonyl (C=O) groups is 1. The van der Waals surface area contributed by atoms with Crippen LogP contribution >= 0.6 is 0 Å². The van der Waals surface area contributed by atoms with Crippen LogP contribution in [0.25, 0.3) is 0 Å². The van der Waals surface area contributed by atoms with E-state index in [-0.39, 0.29) is 17.6 Å². The van der Waals surface area contributed by atoms with Gasteiger partial charge in [0.1, 0.15) is 18.1 Å². The second-order valence-corrected chi connectivity index (χ2v) is 6.99. The molecular weight excluding hydrogens is 350 g/mol. The molecule has 1 amide bonds. The summed E-state index contributed by atoms with van der Waals surface area (Å²) < 4.78 is 6.07. The summed E-state index contributed by atoms with van der Waals surface area (Å²) in [4.78, 5) is 12.4. The maximum atomic E-state index is 12.4. The van der Waals surface area contributed by atoms with E-state index in [4.69, 9.17) is 4.74 Å². The van der Waals surface area contributed by atoms with E-state index in [0.717, 1.165) is 22.4 Å². The average Bonchev–Trinajstić information content (AvgIpc) is 2.69. The summed E-state index contributed by atoms with van der Waals surface area (Å²) in [5.41, 5.74) is 3.62. The van der Waals surface area contributed by atoms with Crippen LogP contribution in [-0.2, 0) is 11.4 Å². The Morgan fingerprint density at radius 1 is 1.04 bits per heavy atom. The van der Waals surface area contributed by atoms with Crippen molar-refractivity contribution in [3.63, 3.8) is 0 Å². The van der Waals surface area contributed by atoms with Gasteiger partial charge in [-0.1, -0.05) is 61.5 Å². The first-order chi connectivity index (χ1) is 13.5. The number of anilines is 1. The maximum Gasteiger partial charge on any atom is 0.225 e. The van der Waals surface area contributed by atoms with Crippen LogP contribution in [0.1, 0.15) is 36.0 Å². The van der Waals surface area contributed by atoms with Crippen LogP contribution in [0.5, 0.6) is 11.5 Å². The number of aromatic hydroxyl groups is 1. The normalized spacial score (nSPS) is 11.6. The average molecular weight is 375 g/mol. The highest BCUT2D eigenvalue weighted by molar-refractivity contribution is 5.92. The van der Waals surface area contributed by atoms with Gasteiger partial charge < -0.3 is 15.2 Å². The molecule has 0 bridgehead atoms. The van der Waals surface area contributed by atoms with Gasteiger partial charge in [0.25, 0.3) is 0 Å². The number of phenolic OH excluding ortho intramolecular Hbond substituents is 1. The molecule has 0 spiro atoms. The minimum atomic E-state index is -0.149. The molecule has 1 atom stereocenters. The predicted molar refractivity (Wildman–Crippen MR) is 112 cm³/mol. The van der Waals surface area contributed by atoms with E-state index in [0.29, 0.717) is 18.7 Å². The number of ether oxygens (including phenoxy) is 1. The molecule has 0 heterocycles. The molecule has 0 radical (unpaired) electrons. The molecule has 0 saturated carbocycles. The number of carbonyl (C=O) groups excluding carboxylic acids is 1. The number of para-hydroxylation sites is 2. The van der Waals surface area contributed by atoms with Gasteiger partial charge in [-0.25, -0.2) is 0 Å². The Bertz CT molecular complexity index is 938. The van der Waals surface area contributed by atoms with Crippen molar-refractivity contribution >= 4 is 11.6 Å². The molecule has 3 aromatic carbocycles. The van der Waals surface area contributed by atoms with E-state index in [2.05, 4.69) is 5.32 Å². The number of rotatable bonds is 7. The number of hydrogen-bond acceptors (Lipinski definition) is 3. The van der Waals surface area contributed by atoms with Crippen molar-refractivity contribution in [1.29, 1.82) is 0 Å². The van der Waals surface area contributed by atoms with Gasteiger partial charge in [-0.3, -0.25) is 4.79 Å². The summed E-state index contributed by atoms with van der Waals surface area (Å²) in [6, 6.07) is 22.8. The Labute approximate surface area is 165 Å². The van der Waals surface area contributed by atoms with E-state index < -0.39 is 0 Å². The lowest BCUT2D eigenvalue weighted by Gasteiger charge is -2.18. The molecule has 4 heteroatoms. The van der Waals surface area contributed by atoms with Crippen LogP contribution in [0.15, 0.2) is 72.8 Å². The van der Waals surface area contributed by atoms with Gasteiger partial charge in [0.05, 0.1) is 5.69 Å². The van der Waals surface area contributed by atoms with Crippen LogP contribution < -0.4 is 10.1 Å². The van der Waals surface area contributed by atoms with Crippen LogP contribution in [-0.4, -0.2) is 11.0 Å².